The third-order valence-electron chi connectivity index (χ3n) is 8.68. The van der Waals surface area contributed by atoms with Crippen molar-refractivity contribution in [2.75, 3.05) is 38.2 Å². The molecule has 3 aliphatic rings. The molecule has 5 heterocycles. The number of anilines is 1. The lowest BCUT2D eigenvalue weighted by molar-refractivity contribution is -0.143. The first-order valence-electron chi connectivity index (χ1n) is 14.5. The minimum Gasteiger partial charge on any atom is -0.480 e. The summed E-state index contributed by atoms with van der Waals surface area (Å²) in [6, 6.07) is 9.30. The van der Waals surface area contributed by atoms with Gasteiger partial charge in [-0.15, -0.1) is 0 Å². The first-order chi connectivity index (χ1) is 19.1. The number of aryl methyl sites for hydroxylation is 2. The number of ether oxygens (including phenoxy) is 1. The van der Waals surface area contributed by atoms with E-state index < -0.39 is 18.2 Å². The number of nitrogens with zero attached hydrogens (tertiary/aromatic N) is 4. The molecule has 6 rings (SSSR count). The van der Waals surface area contributed by atoms with Crippen LogP contribution < -0.4 is 5.32 Å². The summed E-state index contributed by atoms with van der Waals surface area (Å²) in [5.74, 6) is -0.0391. The Labute approximate surface area is 228 Å². The number of fused-ring (bicyclic) bond motifs is 2. The number of nitrogens with one attached hydrogen (secondary N) is 1. The predicted molar refractivity (Wildman–Crippen MR) is 148 cm³/mol. The van der Waals surface area contributed by atoms with Crippen molar-refractivity contribution in [1.82, 2.24) is 19.7 Å². The number of aliphatic carboxylic acids is 1. The van der Waals surface area contributed by atoms with E-state index in [1.54, 1.807) is 6.20 Å². The number of hydrogen-bond acceptors (Lipinski definition) is 6. The van der Waals surface area contributed by atoms with Crippen LogP contribution in [-0.4, -0.2) is 69.8 Å². The molecule has 0 saturated carbocycles. The van der Waals surface area contributed by atoms with Gasteiger partial charge < -0.3 is 15.2 Å². The average molecular weight is 536 g/mol. The average Bonchev–Trinajstić information content (AvgIpc) is 3.72. The third-order valence-corrected chi connectivity index (χ3v) is 8.68. The largest absolute Gasteiger partial charge is 0.480 e. The topological polar surface area (TPSA) is 92.5 Å². The van der Waals surface area contributed by atoms with Crippen LogP contribution in [0.15, 0.2) is 36.5 Å². The second-order valence-corrected chi connectivity index (χ2v) is 11.3. The van der Waals surface area contributed by atoms with Crippen LogP contribution in [0, 0.1) is 5.92 Å². The van der Waals surface area contributed by atoms with Gasteiger partial charge in [-0.2, -0.15) is 5.10 Å². The summed E-state index contributed by atoms with van der Waals surface area (Å²) in [6.07, 6.45) is 7.68. The quantitative estimate of drug-likeness (QED) is 0.355. The lowest BCUT2D eigenvalue weighted by Crippen LogP contribution is -2.34. The van der Waals surface area contributed by atoms with Gasteiger partial charge in [-0.25, -0.2) is 9.37 Å². The van der Waals surface area contributed by atoms with Crippen molar-refractivity contribution in [3.8, 4) is 0 Å². The highest BCUT2D eigenvalue weighted by molar-refractivity contribution is 5.88. The monoisotopic (exact) mass is 535 g/mol. The number of alkyl halides is 1. The molecule has 3 aliphatic heterocycles. The van der Waals surface area contributed by atoms with Crippen molar-refractivity contribution in [1.29, 1.82) is 0 Å². The molecular weight excluding hydrogens is 497 g/mol. The number of pyridine rings is 1. The molecule has 0 amide bonds. The number of hydrogen-bond donors (Lipinski definition) is 2. The highest BCUT2D eigenvalue weighted by Crippen LogP contribution is 2.36. The van der Waals surface area contributed by atoms with E-state index in [4.69, 9.17) is 9.72 Å². The molecule has 0 spiro atoms. The molecule has 0 aliphatic carbocycles. The van der Waals surface area contributed by atoms with Gasteiger partial charge in [0.2, 0.25) is 0 Å². The Morgan fingerprint density at radius 3 is 3.00 bits per heavy atom. The van der Waals surface area contributed by atoms with E-state index in [2.05, 4.69) is 22.5 Å². The van der Waals surface area contributed by atoms with E-state index in [-0.39, 0.29) is 12.0 Å². The molecule has 2 fully saturated rings. The number of likely N-dealkylation sites (tertiary alicyclic amines) is 1. The molecule has 2 aromatic heterocycles. The minimum atomic E-state index is -0.931. The Kier molecular flexibility index (Phi) is 7.79. The second kappa shape index (κ2) is 11.6. The number of carboxylic acids is 1. The first-order valence-corrected chi connectivity index (χ1v) is 14.5. The fourth-order valence-electron chi connectivity index (χ4n) is 6.56. The van der Waals surface area contributed by atoms with Gasteiger partial charge in [0.1, 0.15) is 18.0 Å². The number of rotatable bonds is 10. The van der Waals surface area contributed by atoms with Crippen molar-refractivity contribution in [3.05, 3.63) is 53.3 Å². The third kappa shape index (κ3) is 5.52. The van der Waals surface area contributed by atoms with Gasteiger partial charge >= 0.3 is 5.97 Å². The highest BCUT2D eigenvalue weighted by Gasteiger charge is 2.38. The highest BCUT2D eigenvalue weighted by atomic mass is 19.1. The summed E-state index contributed by atoms with van der Waals surface area (Å²) in [5, 5.41) is 19.2. The SMILES string of the molecule is O=C(O)[C@@H](c1cccc2cnn([C@H]3CCOC3)c12)N1CC[C@@H](C(F)CCCCc2ccc3c(n2)NCCC3)C1. The predicted octanol–water partition coefficient (Wildman–Crippen LogP) is 4.95. The zero-order valence-corrected chi connectivity index (χ0v) is 22.4. The van der Waals surface area contributed by atoms with E-state index in [1.165, 1.54) is 5.56 Å². The fraction of sp³-hybridized carbons (Fsp3) is 0.567. The molecule has 208 valence electrons. The summed E-state index contributed by atoms with van der Waals surface area (Å²) in [5.41, 5.74) is 3.93. The zero-order valence-electron chi connectivity index (χ0n) is 22.4. The summed E-state index contributed by atoms with van der Waals surface area (Å²) < 4.78 is 22.9. The molecule has 2 saturated heterocycles. The summed E-state index contributed by atoms with van der Waals surface area (Å²) in [7, 11) is 0. The van der Waals surface area contributed by atoms with Gasteiger partial charge in [-0.3, -0.25) is 14.4 Å². The Bertz CT molecular complexity index is 1310. The van der Waals surface area contributed by atoms with Gasteiger partial charge in [0.15, 0.2) is 0 Å². The molecule has 9 heteroatoms. The molecule has 2 N–H and O–H groups in total. The molecule has 1 unspecified atom stereocenters. The van der Waals surface area contributed by atoms with Crippen molar-refractivity contribution in [3.63, 3.8) is 0 Å². The maximum absolute atomic E-state index is 15.3. The van der Waals surface area contributed by atoms with Crippen LogP contribution in [0.2, 0.25) is 0 Å². The molecular formula is C30H38FN5O3. The number of benzene rings is 1. The molecule has 8 nitrogen and oxygen atoms in total. The Morgan fingerprint density at radius 2 is 2.15 bits per heavy atom. The van der Waals surface area contributed by atoms with Gasteiger partial charge in [-0.05, 0) is 63.1 Å². The Morgan fingerprint density at radius 1 is 1.23 bits per heavy atom. The normalized spacial score (nSPS) is 23.0. The molecule has 4 atom stereocenters. The van der Waals surface area contributed by atoms with Gasteiger partial charge in [0.05, 0.1) is 24.4 Å². The van der Waals surface area contributed by atoms with Crippen molar-refractivity contribution in [2.45, 2.75) is 69.6 Å². The van der Waals surface area contributed by atoms with Gasteiger partial charge in [-0.1, -0.05) is 30.7 Å². The van der Waals surface area contributed by atoms with Crippen LogP contribution in [0.5, 0.6) is 0 Å². The minimum absolute atomic E-state index is 0.104. The fourth-order valence-corrected chi connectivity index (χ4v) is 6.56. The van der Waals surface area contributed by atoms with Crippen LogP contribution >= 0.6 is 0 Å². The van der Waals surface area contributed by atoms with Crippen LogP contribution in [-0.2, 0) is 22.4 Å². The van der Waals surface area contributed by atoms with E-state index in [0.717, 1.165) is 73.0 Å². The van der Waals surface area contributed by atoms with E-state index in [0.29, 0.717) is 39.1 Å². The number of carboxylic acid groups (broad SMARTS) is 1. The van der Waals surface area contributed by atoms with Crippen LogP contribution in [0.1, 0.15) is 67.4 Å². The first kappa shape index (κ1) is 26.2. The molecule has 3 aromatic rings. The van der Waals surface area contributed by atoms with Gasteiger partial charge in [0, 0.05) is 42.3 Å². The van der Waals surface area contributed by atoms with Crippen molar-refractivity contribution in [2.24, 2.45) is 5.92 Å². The summed E-state index contributed by atoms with van der Waals surface area (Å²) in [4.78, 5) is 19.3. The van der Waals surface area contributed by atoms with Gasteiger partial charge in [0.25, 0.3) is 0 Å². The number of carbonyl (C=O) groups is 1. The Balaban J connectivity index is 1.07. The standard InChI is InChI=1S/C30H38FN5O3/c31-26(9-2-1-7-23-11-10-20-6-4-14-32-29(20)34-23)22-12-15-35(18-22)28(30(37)38)25-8-3-5-21-17-33-36(27(21)25)24-13-16-39-19-24/h3,5,8,10-11,17,22,24,26,28H,1-2,4,6-7,9,12-16,18-19H2,(H,32,34)(H,37,38)/t22-,24+,26?,28-/m1/s1. The number of halogens is 1. The number of para-hydroxylation sites is 1. The Hall–Kier alpha value is -3.04. The zero-order chi connectivity index (χ0) is 26.8. The second-order valence-electron chi connectivity index (χ2n) is 11.3. The molecule has 39 heavy (non-hydrogen) atoms. The maximum atomic E-state index is 15.3. The van der Waals surface area contributed by atoms with Crippen LogP contribution in [0.3, 0.4) is 0 Å². The number of aromatic nitrogens is 3. The summed E-state index contributed by atoms with van der Waals surface area (Å²) >= 11 is 0. The van der Waals surface area contributed by atoms with Crippen molar-refractivity contribution < 1.29 is 19.0 Å². The van der Waals surface area contributed by atoms with E-state index in [9.17, 15) is 9.90 Å². The molecule has 0 bridgehead atoms. The number of unbranched alkanes of at least 4 members (excludes halogenated alkanes) is 1. The smallest absolute Gasteiger partial charge is 0.325 e. The van der Waals surface area contributed by atoms with Crippen molar-refractivity contribution >= 4 is 22.7 Å². The summed E-state index contributed by atoms with van der Waals surface area (Å²) in [6.45, 7) is 3.27. The van der Waals surface area contributed by atoms with Crippen LogP contribution in [0.4, 0.5) is 10.2 Å². The lowest BCUT2D eigenvalue weighted by atomic mass is 9.97. The molecule has 1 aromatic carbocycles. The lowest BCUT2D eigenvalue weighted by Gasteiger charge is -2.26. The van der Waals surface area contributed by atoms with E-state index in [1.807, 2.05) is 27.8 Å². The molecule has 0 radical (unpaired) electrons. The maximum Gasteiger partial charge on any atom is 0.325 e. The van der Waals surface area contributed by atoms with Crippen LogP contribution in [0.25, 0.3) is 10.9 Å². The van der Waals surface area contributed by atoms with E-state index >= 15 is 4.39 Å².